The van der Waals surface area contributed by atoms with Crippen LogP contribution >= 0.6 is 0 Å². The van der Waals surface area contributed by atoms with Crippen molar-refractivity contribution in [2.24, 2.45) is 0 Å². The minimum Gasteiger partial charge on any atom is -0.497 e. The number of anilines is 1. The summed E-state index contributed by atoms with van der Waals surface area (Å²) in [4.78, 5) is 17.5. The number of ether oxygens (including phenoxy) is 1. The summed E-state index contributed by atoms with van der Waals surface area (Å²) >= 11 is 0. The molecule has 3 aromatic rings. The van der Waals surface area contributed by atoms with Gasteiger partial charge in [0.05, 0.1) is 7.11 Å². The molecular formula is C22H19FN4O2. The first-order valence-electron chi connectivity index (χ1n) is 9.54. The molecule has 7 heteroatoms. The first kappa shape index (κ1) is 17.6. The third kappa shape index (κ3) is 2.99. The third-order valence-electron chi connectivity index (χ3n) is 5.40. The molecular weight excluding hydrogens is 371 g/mol. The maximum atomic E-state index is 13.3. The summed E-state index contributed by atoms with van der Waals surface area (Å²) in [6.45, 7) is 0. The molecule has 2 heterocycles. The van der Waals surface area contributed by atoms with Crippen LogP contribution in [0.4, 0.5) is 10.3 Å². The number of carbonyl (C=O) groups excluding carboxylic acids is 1. The van der Waals surface area contributed by atoms with E-state index < -0.39 is 0 Å². The number of carbonyl (C=O) groups is 1. The van der Waals surface area contributed by atoms with Gasteiger partial charge in [-0.2, -0.15) is 4.98 Å². The maximum Gasteiger partial charge on any atom is 0.226 e. The lowest BCUT2D eigenvalue weighted by Gasteiger charge is -2.32. The fourth-order valence-electron chi connectivity index (χ4n) is 3.97. The molecule has 2 aliphatic rings. The molecule has 0 spiro atoms. The van der Waals surface area contributed by atoms with Crippen molar-refractivity contribution in [3.05, 3.63) is 71.2 Å². The Kier molecular flexibility index (Phi) is 4.16. The molecule has 0 amide bonds. The topological polar surface area (TPSA) is 69.0 Å². The van der Waals surface area contributed by atoms with Crippen molar-refractivity contribution in [1.82, 2.24) is 14.8 Å². The van der Waals surface area contributed by atoms with E-state index >= 15 is 0 Å². The molecule has 5 rings (SSSR count). The number of allylic oxidation sites excluding steroid dienone is 2. The molecule has 0 saturated carbocycles. The third-order valence-corrected chi connectivity index (χ3v) is 5.40. The van der Waals surface area contributed by atoms with E-state index in [0.717, 1.165) is 35.4 Å². The van der Waals surface area contributed by atoms with E-state index in [1.165, 1.54) is 12.1 Å². The Morgan fingerprint density at radius 2 is 1.86 bits per heavy atom. The number of hydrogen-bond acceptors (Lipinski definition) is 5. The highest BCUT2D eigenvalue weighted by Crippen LogP contribution is 2.40. The van der Waals surface area contributed by atoms with Crippen LogP contribution < -0.4 is 10.1 Å². The smallest absolute Gasteiger partial charge is 0.226 e. The Balaban J connectivity index is 1.65. The lowest BCUT2D eigenvalue weighted by atomic mass is 9.85. The second-order valence-corrected chi connectivity index (χ2v) is 7.18. The van der Waals surface area contributed by atoms with Gasteiger partial charge in [-0.1, -0.05) is 12.1 Å². The number of ketones is 1. The minimum absolute atomic E-state index is 0.129. The molecule has 1 unspecified atom stereocenters. The van der Waals surface area contributed by atoms with Crippen LogP contribution in [0.5, 0.6) is 5.75 Å². The van der Waals surface area contributed by atoms with E-state index in [2.05, 4.69) is 15.4 Å². The van der Waals surface area contributed by atoms with Gasteiger partial charge in [-0.3, -0.25) is 4.79 Å². The van der Waals surface area contributed by atoms with Gasteiger partial charge >= 0.3 is 0 Å². The molecule has 1 aromatic heterocycles. The van der Waals surface area contributed by atoms with E-state index in [1.807, 2.05) is 24.3 Å². The number of Topliss-reactive ketones (excluding diaryl/α,β-unsaturated/α-hetero) is 1. The molecule has 6 nitrogen and oxygen atoms in total. The molecule has 2 aromatic carbocycles. The Morgan fingerprint density at radius 3 is 2.59 bits per heavy atom. The van der Waals surface area contributed by atoms with Gasteiger partial charge in [0.2, 0.25) is 5.95 Å². The molecule has 1 aliphatic carbocycles. The largest absolute Gasteiger partial charge is 0.497 e. The highest BCUT2D eigenvalue weighted by molar-refractivity contribution is 5.99. The van der Waals surface area contributed by atoms with Crippen LogP contribution in [-0.4, -0.2) is 27.7 Å². The molecule has 0 saturated heterocycles. The zero-order chi connectivity index (χ0) is 20.0. The number of nitrogens with zero attached hydrogens (tertiary/aromatic N) is 3. The predicted octanol–water partition coefficient (Wildman–Crippen LogP) is 4.11. The minimum atomic E-state index is -0.360. The number of hydrogen-bond donors (Lipinski definition) is 1. The van der Waals surface area contributed by atoms with Crippen molar-refractivity contribution < 1.29 is 13.9 Å². The van der Waals surface area contributed by atoms with E-state index in [1.54, 1.807) is 23.9 Å². The highest BCUT2D eigenvalue weighted by Gasteiger charge is 2.36. The number of fused-ring (bicyclic) bond motifs is 1. The van der Waals surface area contributed by atoms with Crippen molar-refractivity contribution >= 4 is 11.7 Å². The summed E-state index contributed by atoms with van der Waals surface area (Å²) in [5.41, 5.74) is 3.30. The van der Waals surface area contributed by atoms with Gasteiger partial charge in [-0.15, -0.1) is 5.10 Å². The SMILES string of the molecule is COc1ccc(C2C3=C(CCCC3=O)Nc3nc(-c4ccc(F)cc4)nn32)cc1. The van der Waals surface area contributed by atoms with Crippen LogP contribution in [-0.2, 0) is 4.79 Å². The number of rotatable bonds is 3. The van der Waals surface area contributed by atoms with Crippen molar-refractivity contribution in [3.63, 3.8) is 0 Å². The second-order valence-electron chi connectivity index (χ2n) is 7.18. The van der Waals surface area contributed by atoms with Gasteiger partial charge in [-0.05, 0) is 54.8 Å². The average Bonchev–Trinajstić information content (AvgIpc) is 3.17. The van der Waals surface area contributed by atoms with E-state index in [9.17, 15) is 9.18 Å². The molecule has 0 radical (unpaired) electrons. The van der Waals surface area contributed by atoms with Gasteiger partial charge < -0.3 is 10.1 Å². The quantitative estimate of drug-likeness (QED) is 0.729. The Hall–Kier alpha value is -3.48. The van der Waals surface area contributed by atoms with Gasteiger partial charge in [0.15, 0.2) is 11.6 Å². The van der Waals surface area contributed by atoms with Gasteiger partial charge in [0.25, 0.3) is 0 Å². The van der Waals surface area contributed by atoms with E-state index in [0.29, 0.717) is 23.8 Å². The lowest BCUT2D eigenvalue weighted by Crippen LogP contribution is -2.31. The summed E-state index contributed by atoms with van der Waals surface area (Å²) in [5.74, 6) is 1.63. The lowest BCUT2D eigenvalue weighted by molar-refractivity contribution is -0.116. The number of aromatic nitrogens is 3. The van der Waals surface area contributed by atoms with Gasteiger partial charge in [0, 0.05) is 23.3 Å². The summed E-state index contributed by atoms with van der Waals surface area (Å²) in [6.07, 6.45) is 2.15. The van der Waals surface area contributed by atoms with Gasteiger partial charge in [-0.25, -0.2) is 9.07 Å². The Labute approximate surface area is 167 Å². The fraction of sp³-hybridized carbons (Fsp3) is 0.227. The van der Waals surface area contributed by atoms with Crippen LogP contribution in [0.25, 0.3) is 11.4 Å². The molecule has 0 fully saturated rings. The molecule has 0 bridgehead atoms. The van der Waals surface area contributed by atoms with E-state index in [4.69, 9.17) is 4.74 Å². The van der Waals surface area contributed by atoms with Gasteiger partial charge in [0.1, 0.15) is 17.6 Å². The Morgan fingerprint density at radius 1 is 1.10 bits per heavy atom. The highest BCUT2D eigenvalue weighted by atomic mass is 19.1. The van der Waals surface area contributed by atoms with Crippen molar-refractivity contribution in [3.8, 4) is 17.1 Å². The van der Waals surface area contributed by atoms with Crippen molar-refractivity contribution in [2.75, 3.05) is 12.4 Å². The number of methoxy groups -OCH3 is 1. The monoisotopic (exact) mass is 390 g/mol. The molecule has 29 heavy (non-hydrogen) atoms. The molecule has 1 N–H and O–H groups in total. The van der Waals surface area contributed by atoms with Crippen LogP contribution in [0.3, 0.4) is 0 Å². The molecule has 1 atom stereocenters. The second kappa shape index (κ2) is 6.84. The summed E-state index contributed by atoms with van der Waals surface area (Å²) < 4.78 is 20.3. The number of halogens is 1. The Bertz CT molecular complexity index is 1120. The normalized spacial score (nSPS) is 18.1. The van der Waals surface area contributed by atoms with E-state index in [-0.39, 0.29) is 17.6 Å². The van der Waals surface area contributed by atoms with Crippen LogP contribution in [0.15, 0.2) is 59.8 Å². The van der Waals surface area contributed by atoms with Crippen LogP contribution in [0, 0.1) is 5.82 Å². The first-order chi connectivity index (χ1) is 14.1. The van der Waals surface area contributed by atoms with Crippen LogP contribution in [0.1, 0.15) is 30.9 Å². The first-order valence-corrected chi connectivity index (χ1v) is 9.54. The summed E-state index contributed by atoms with van der Waals surface area (Å²) in [6, 6.07) is 13.4. The zero-order valence-electron chi connectivity index (χ0n) is 15.9. The zero-order valence-corrected chi connectivity index (χ0v) is 15.9. The van der Waals surface area contributed by atoms with Crippen molar-refractivity contribution in [2.45, 2.75) is 25.3 Å². The predicted molar refractivity (Wildman–Crippen MR) is 106 cm³/mol. The number of benzene rings is 2. The maximum absolute atomic E-state index is 13.3. The molecule has 146 valence electrons. The summed E-state index contributed by atoms with van der Waals surface area (Å²) in [7, 11) is 1.62. The average molecular weight is 390 g/mol. The van der Waals surface area contributed by atoms with Crippen molar-refractivity contribution in [1.29, 1.82) is 0 Å². The number of nitrogens with one attached hydrogen (secondary N) is 1. The van der Waals surface area contributed by atoms with Crippen LogP contribution in [0.2, 0.25) is 0 Å². The summed E-state index contributed by atoms with van der Waals surface area (Å²) in [5, 5.41) is 7.98. The standard InChI is InChI=1S/C22H19FN4O2/c1-29-16-11-7-13(8-12-16)20-19-17(3-2-4-18(19)28)24-22-25-21(26-27(20)22)14-5-9-15(23)10-6-14/h5-12,20H,2-4H2,1H3,(H,24,25,26). The molecule has 1 aliphatic heterocycles. The fourth-order valence-corrected chi connectivity index (χ4v) is 3.97.